The second-order valence-electron chi connectivity index (χ2n) is 5.24. The molecule has 2 rings (SSSR count). The van der Waals surface area contributed by atoms with Gasteiger partial charge < -0.3 is 14.8 Å². The quantitative estimate of drug-likeness (QED) is 0.416. The summed E-state index contributed by atoms with van der Waals surface area (Å²) in [5.74, 6) is -0.0893. The number of anilines is 1. The predicted molar refractivity (Wildman–Crippen MR) is 109 cm³/mol. The van der Waals surface area contributed by atoms with Gasteiger partial charge in [-0.25, -0.2) is 4.98 Å². The molecule has 0 saturated carbocycles. The Morgan fingerprint density at radius 2 is 2.00 bits per heavy atom. The average Bonchev–Trinajstić information content (AvgIpc) is 3.07. The van der Waals surface area contributed by atoms with Crippen LogP contribution in [-0.4, -0.2) is 35.7 Å². The molecule has 0 aliphatic heterocycles. The first-order valence-corrected chi connectivity index (χ1v) is 9.27. The van der Waals surface area contributed by atoms with Gasteiger partial charge in [0.2, 0.25) is 0 Å². The van der Waals surface area contributed by atoms with Crippen molar-refractivity contribution in [1.29, 1.82) is 0 Å². The number of nitrogens with zero attached hydrogens (tertiary/aromatic N) is 1. The molecule has 0 fully saturated rings. The monoisotopic (exact) mass is 405 g/mol. The van der Waals surface area contributed by atoms with Gasteiger partial charge in [-0.1, -0.05) is 18.7 Å². The maximum atomic E-state index is 12.3. The van der Waals surface area contributed by atoms with E-state index in [1.807, 2.05) is 0 Å². The number of carbonyl (C=O) groups is 2. The number of amides is 1. The molecule has 1 amide bonds. The molecule has 1 heterocycles. The molecule has 2 N–H and O–H groups in total. The Bertz CT molecular complexity index is 847. The van der Waals surface area contributed by atoms with Crippen LogP contribution < -0.4 is 15.4 Å². The summed E-state index contributed by atoms with van der Waals surface area (Å²) < 4.78 is 9.96. The highest BCUT2D eigenvalue weighted by Gasteiger charge is 2.13. The van der Waals surface area contributed by atoms with Gasteiger partial charge in [0.15, 0.2) is 10.2 Å². The van der Waals surface area contributed by atoms with Crippen molar-refractivity contribution in [3.05, 3.63) is 47.5 Å². The highest BCUT2D eigenvalue weighted by atomic mass is 32.1. The molecule has 9 heteroatoms. The lowest BCUT2D eigenvalue weighted by Crippen LogP contribution is -2.34. The van der Waals surface area contributed by atoms with E-state index in [0.29, 0.717) is 28.7 Å². The van der Waals surface area contributed by atoms with Crippen molar-refractivity contribution < 1.29 is 19.1 Å². The zero-order valence-corrected chi connectivity index (χ0v) is 16.5. The SMILES string of the molecule is C=C(C(=O)NC(=S)Nc1nc(CC(=O)OCC)cs1)c1ccc(OC)cc1. The number of benzene rings is 1. The summed E-state index contributed by atoms with van der Waals surface area (Å²) in [4.78, 5) is 28.0. The Kier molecular flexibility index (Phi) is 7.44. The van der Waals surface area contributed by atoms with E-state index in [0.717, 1.165) is 0 Å². The van der Waals surface area contributed by atoms with E-state index in [9.17, 15) is 9.59 Å². The first-order valence-electron chi connectivity index (χ1n) is 7.98. The van der Waals surface area contributed by atoms with Crippen LogP contribution in [0.25, 0.3) is 5.57 Å². The zero-order valence-electron chi connectivity index (χ0n) is 14.9. The predicted octanol–water partition coefficient (Wildman–Crippen LogP) is 2.78. The summed E-state index contributed by atoms with van der Waals surface area (Å²) >= 11 is 6.40. The van der Waals surface area contributed by atoms with E-state index in [-0.39, 0.29) is 23.1 Å². The van der Waals surface area contributed by atoms with Crippen LogP contribution in [0.2, 0.25) is 0 Å². The normalized spacial score (nSPS) is 10.0. The minimum Gasteiger partial charge on any atom is -0.497 e. The van der Waals surface area contributed by atoms with E-state index in [4.69, 9.17) is 21.7 Å². The Balaban J connectivity index is 1.89. The third kappa shape index (κ3) is 6.15. The van der Waals surface area contributed by atoms with Crippen molar-refractivity contribution in [3.8, 4) is 5.75 Å². The fraction of sp³-hybridized carbons (Fsp3) is 0.222. The molecular weight excluding hydrogens is 386 g/mol. The lowest BCUT2D eigenvalue weighted by Gasteiger charge is -2.09. The first-order chi connectivity index (χ1) is 12.9. The number of ether oxygens (including phenoxy) is 2. The van der Waals surface area contributed by atoms with E-state index in [1.54, 1.807) is 43.7 Å². The molecule has 0 bridgehead atoms. The molecule has 142 valence electrons. The van der Waals surface area contributed by atoms with Gasteiger partial charge >= 0.3 is 5.97 Å². The Labute approximate surface area is 166 Å². The molecule has 0 spiro atoms. The van der Waals surface area contributed by atoms with Crippen LogP contribution in [0, 0.1) is 0 Å². The highest BCUT2D eigenvalue weighted by Crippen LogP contribution is 2.18. The highest BCUT2D eigenvalue weighted by molar-refractivity contribution is 7.80. The molecule has 1 aromatic carbocycles. The lowest BCUT2D eigenvalue weighted by atomic mass is 10.1. The van der Waals surface area contributed by atoms with E-state index < -0.39 is 5.91 Å². The van der Waals surface area contributed by atoms with Crippen LogP contribution in [-0.2, 0) is 20.7 Å². The fourth-order valence-corrected chi connectivity index (χ4v) is 3.00. The number of thiocarbonyl (C=S) groups is 1. The van der Waals surface area contributed by atoms with Crippen LogP contribution >= 0.6 is 23.6 Å². The second-order valence-corrected chi connectivity index (χ2v) is 6.51. The van der Waals surface area contributed by atoms with E-state index in [2.05, 4.69) is 22.2 Å². The van der Waals surface area contributed by atoms with Gasteiger partial charge in [-0.15, -0.1) is 11.3 Å². The maximum absolute atomic E-state index is 12.3. The molecular formula is C18H19N3O4S2. The summed E-state index contributed by atoms with van der Waals surface area (Å²) in [6, 6.07) is 6.95. The largest absolute Gasteiger partial charge is 0.497 e. The Hall–Kier alpha value is -2.78. The van der Waals surface area contributed by atoms with Crippen molar-refractivity contribution in [1.82, 2.24) is 10.3 Å². The van der Waals surface area contributed by atoms with Crippen molar-refractivity contribution in [2.24, 2.45) is 0 Å². The summed E-state index contributed by atoms with van der Waals surface area (Å²) in [6.45, 7) is 5.85. The van der Waals surface area contributed by atoms with Crippen molar-refractivity contribution in [2.45, 2.75) is 13.3 Å². The van der Waals surface area contributed by atoms with Crippen LogP contribution in [0.15, 0.2) is 36.2 Å². The Morgan fingerprint density at radius 1 is 1.30 bits per heavy atom. The third-order valence-corrected chi connectivity index (χ3v) is 4.35. The zero-order chi connectivity index (χ0) is 19.8. The van der Waals surface area contributed by atoms with Gasteiger partial charge in [0.25, 0.3) is 5.91 Å². The summed E-state index contributed by atoms with van der Waals surface area (Å²) in [6.07, 6.45) is 0.0828. The smallest absolute Gasteiger partial charge is 0.311 e. The van der Waals surface area contributed by atoms with Gasteiger partial charge in [-0.3, -0.25) is 14.9 Å². The second kappa shape index (κ2) is 9.79. The molecule has 1 aromatic heterocycles. The lowest BCUT2D eigenvalue weighted by molar-refractivity contribution is -0.142. The third-order valence-electron chi connectivity index (χ3n) is 3.34. The van der Waals surface area contributed by atoms with Gasteiger partial charge in [-0.2, -0.15) is 0 Å². The van der Waals surface area contributed by atoms with Crippen LogP contribution in [0.5, 0.6) is 5.75 Å². The summed E-state index contributed by atoms with van der Waals surface area (Å²) in [5.41, 5.74) is 1.49. The first kappa shape index (κ1) is 20.5. The molecule has 0 aliphatic carbocycles. The summed E-state index contributed by atoms with van der Waals surface area (Å²) in [7, 11) is 1.57. The number of esters is 1. The molecule has 0 unspecified atom stereocenters. The maximum Gasteiger partial charge on any atom is 0.311 e. The average molecular weight is 406 g/mol. The number of hydrogen-bond donors (Lipinski definition) is 2. The van der Waals surface area contributed by atoms with Gasteiger partial charge in [0.1, 0.15) is 5.75 Å². The van der Waals surface area contributed by atoms with Gasteiger partial charge in [0, 0.05) is 11.0 Å². The minimum absolute atomic E-state index is 0.0828. The van der Waals surface area contributed by atoms with Gasteiger partial charge in [-0.05, 0) is 36.8 Å². The molecule has 0 aliphatic rings. The Morgan fingerprint density at radius 3 is 2.63 bits per heavy atom. The van der Waals surface area contributed by atoms with Crippen LogP contribution in [0.1, 0.15) is 18.2 Å². The fourth-order valence-electron chi connectivity index (χ4n) is 2.04. The molecule has 7 nitrogen and oxygen atoms in total. The minimum atomic E-state index is -0.430. The number of methoxy groups -OCH3 is 1. The van der Waals surface area contributed by atoms with E-state index >= 15 is 0 Å². The number of rotatable bonds is 7. The number of hydrogen-bond acceptors (Lipinski definition) is 7. The van der Waals surface area contributed by atoms with Gasteiger partial charge in [0.05, 0.1) is 25.8 Å². The topological polar surface area (TPSA) is 89.6 Å². The van der Waals surface area contributed by atoms with Crippen LogP contribution in [0.4, 0.5) is 5.13 Å². The van der Waals surface area contributed by atoms with Crippen molar-refractivity contribution in [3.63, 3.8) is 0 Å². The number of thiazole rings is 1. The molecule has 0 radical (unpaired) electrons. The number of aromatic nitrogens is 1. The summed E-state index contributed by atoms with van der Waals surface area (Å²) in [5, 5.41) is 7.65. The van der Waals surface area contributed by atoms with Crippen molar-refractivity contribution >= 4 is 51.2 Å². The van der Waals surface area contributed by atoms with E-state index in [1.165, 1.54) is 11.3 Å². The number of carbonyl (C=O) groups excluding carboxylic acids is 2. The molecule has 0 saturated heterocycles. The molecule has 27 heavy (non-hydrogen) atoms. The molecule has 2 aromatic rings. The standard InChI is InChI=1S/C18H19N3O4S2/c1-4-25-15(22)9-13-10-27-18(19-13)21-17(26)20-16(23)11(2)12-5-7-14(24-3)8-6-12/h5-8,10H,2,4,9H2,1,3H3,(H2,19,20,21,23,26). The number of nitrogens with one attached hydrogen (secondary N) is 2. The van der Waals surface area contributed by atoms with Crippen LogP contribution in [0.3, 0.4) is 0 Å². The molecule has 0 atom stereocenters. The van der Waals surface area contributed by atoms with Crippen molar-refractivity contribution in [2.75, 3.05) is 19.0 Å².